The van der Waals surface area contributed by atoms with E-state index in [1.54, 1.807) is 50.2 Å². The molecule has 2 aromatic rings. The molecule has 0 amide bonds. The van der Waals surface area contributed by atoms with Crippen LogP contribution in [0.2, 0.25) is 0 Å². The topological polar surface area (TPSA) is 142 Å². The summed E-state index contributed by atoms with van der Waals surface area (Å²) in [5.41, 5.74) is 6.92. The van der Waals surface area contributed by atoms with Gasteiger partial charge in [0.25, 0.3) is 0 Å². The van der Waals surface area contributed by atoms with Crippen LogP contribution in [0.1, 0.15) is 76.2 Å². The van der Waals surface area contributed by atoms with Gasteiger partial charge in [-0.05, 0) is 48.6 Å². The molecule has 2 aromatic carbocycles. The summed E-state index contributed by atoms with van der Waals surface area (Å²) in [6, 6.07) is 11.6. The molecule has 9 nitrogen and oxygen atoms in total. The molecular formula is C30H39NO8. The van der Waals surface area contributed by atoms with E-state index in [1.807, 2.05) is 27.7 Å². The highest BCUT2D eigenvalue weighted by Crippen LogP contribution is 2.37. The minimum absolute atomic E-state index is 0.0148. The van der Waals surface area contributed by atoms with Gasteiger partial charge in [-0.2, -0.15) is 0 Å². The number of esters is 3. The molecule has 3 unspecified atom stereocenters. The zero-order chi connectivity index (χ0) is 29.3. The van der Waals surface area contributed by atoms with Gasteiger partial charge in [0.15, 0.2) is 11.5 Å². The van der Waals surface area contributed by atoms with E-state index >= 15 is 0 Å². The van der Waals surface area contributed by atoms with Gasteiger partial charge < -0.3 is 25.1 Å². The molecule has 0 saturated heterocycles. The maximum Gasteiger partial charge on any atom is 0.338 e. The number of nitrogens with two attached hydrogens (primary N) is 1. The zero-order valence-corrected chi connectivity index (χ0v) is 23.4. The minimum atomic E-state index is -1.37. The van der Waals surface area contributed by atoms with E-state index in [9.17, 15) is 24.3 Å². The van der Waals surface area contributed by atoms with Gasteiger partial charge >= 0.3 is 23.9 Å². The van der Waals surface area contributed by atoms with Crippen molar-refractivity contribution in [2.75, 3.05) is 0 Å². The molecule has 0 aliphatic heterocycles. The Balaban J connectivity index is 2.44. The monoisotopic (exact) mass is 541 g/mol. The number of hydrogen-bond donors (Lipinski definition) is 2. The summed E-state index contributed by atoms with van der Waals surface area (Å²) in [7, 11) is 0. The normalized spacial score (nSPS) is 14.3. The molecule has 0 heterocycles. The van der Waals surface area contributed by atoms with E-state index in [2.05, 4.69) is 0 Å². The van der Waals surface area contributed by atoms with E-state index in [1.165, 1.54) is 12.1 Å². The van der Waals surface area contributed by atoms with E-state index < -0.39 is 47.9 Å². The quantitative estimate of drug-likeness (QED) is 0.265. The predicted molar refractivity (Wildman–Crippen MR) is 145 cm³/mol. The fourth-order valence-electron chi connectivity index (χ4n) is 4.09. The molecule has 0 aliphatic carbocycles. The lowest BCUT2D eigenvalue weighted by Gasteiger charge is -2.32. The molecule has 0 bridgehead atoms. The molecule has 0 aliphatic rings. The molecule has 3 N–H and O–H groups in total. The maximum absolute atomic E-state index is 12.6. The molecule has 39 heavy (non-hydrogen) atoms. The van der Waals surface area contributed by atoms with Crippen LogP contribution in [-0.2, 0) is 19.1 Å². The first-order valence-corrected chi connectivity index (χ1v) is 13.1. The average molecular weight is 542 g/mol. The summed E-state index contributed by atoms with van der Waals surface area (Å²) < 4.78 is 16.7. The third-order valence-corrected chi connectivity index (χ3v) is 6.23. The third kappa shape index (κ3) is 9.51. The number of carboxylic acids is 1. The molecule has 0 fully saturated rings. The summed E-state index contributed by atoms with van der Waals surface area (Å²) in [4.78, 5) is 49.5. The Labute approximate surface area is 229 Å². The first-order chi connectivity index (χ1) is 18.3. The van der Waals surface area contributed by atoms with Crippen molar-refractivity contribution in [2.45, 2.75) is 72.4 Å². The highest BCUT2D eigenvalue weighted by molar-refractivity contribution is 5.89. The van der Waals surface area contributed by atoms with Gasteiger partial charge in [-0.3, -0.25) is 14.4 Å². The summed E-state index contributed by atoms with van der Waals surface area (Å²) >= 11 is 0. The standard InChI is InChI=1S/C30H39NO8/c1-17(2)14-25(32)38-23-13-12-22(16-24(23)39-26(33)15-18(3)4)27(28(31)29(34)35)19(5)20(6)37-30(36)21-10-8-7-9-11-21/h7-13,16-20,27-28H,14-15,31H2,1-6H3,(H,34,35)/t19?,20?,27?,28-/m0/s1. The van der Waals surface area contributed by atoms with Crippen molar-refractivity contribution in [3.63, 3.8) is 0 Å². The Kier molecular flexibility index (Phi) is 11.7. The van der Waals surface area contributed by atoms with Crippen molar-refractivity contribution >= 4 is 23.9 Å². The summed E-state index contributed by atoms with van der Waals surface area (Å²) in [5.74, 6) is -4.11. The van der Waals surface area contributed by atoms with Crippen LogP contribution < -0.4 is 15.2 Å². The van der Waals surface area contributed by atoms with E-state index in [4.69, 9.17) is 19.9 Å². The first kappa shape index (κ1) is 31.5. The second-order valence-electron chi connectivity index (χ2n) is 10.6. The number of rotatable bonds is 13. The highest BCUT2D eigenvalue weighted by Gasteiger charge is 2.36. The lowest BCUT2D eigenvalue weighted by molar-refractivity contribution is -0.140. The van der Waals surface area contributed by atoms with E-state index in [0.29, 0.717) is 11.1 Å². The van der Waals surface area contributed by atoms with Crippen LogP contribution >= 0.6 is 0 Å². The second kappa shape index (κ2) is 14.4. The number of hydrogen-bond acceptors (Lipinski definition) is 8. The summed E-state index contributed by atoms with van der Waals surface area (Å²) in [6.07, 6.45) is -0.428. The molecule has 9 heteroatoms. The summed E-state index contributed by atoms with van der Waals surface area (Å²) in [6.45, 7) is 10.9. The van der Waals surface area contributed by atoms with Crippen LogP contribution in [0, 0.1) is 17.8 Å². The number of benzene rings is 2. The Morgan fingerprint density at radius 3 is 1.85 bits per heavy atom. The van der Waals surface area contributed by atoms with E-state index in [0.717, 1.165) is 0 Å². The average Bonchev–Trinajstić information content (AvgIpc) is 2.84. The van der Waals surface area contributed by atoms with Crippen molar-refractivity contribution in [3.8, 4) is 11.5 Å². The van der Waals surface area contributed by atoms with Crippen molar-refractivity contribution in [1.82, 2.24) is 0 Å². The van der Waals surface area contributed by atoms with Gasteiger partial charge in [0.1, 0.15) is 12.1 Å². The molecule has 212 valence electrons. The molecular weight excluding hydrogens is 502 g/mol. The molecule has 0 aromatic heterocycles. The number of ether oxygens (including phenoxy) is 3. The van der Waals surface area contributed by atoms with Crippen LogP contribution in [0.25, 0.3) is 0 Å². The minimum Gasteiger partial charge on any atom is -0.480 e. The SMILES string of the molecule is CC(C)CC(=O)Oc1ccc(C(C(C)C(C)OC(=O)c2ccccc2)[C@H](N)C(=O)O)cc1OC(=O)CC(C)C. The van der Waals surface area contributed by atoms with Gasteiger partial charge in [-0.15, -0.1) is 0 Å². The van der Waals surface area contributed by atoms with Gasteiger partial charge in [-0.1, -0.05) is 58.9 Å². The number of carboxylic acid groups (broad SMARTS) is 1. The van der Waals surface area contributed by atoms with Crippen molar-refractivity contribution in [2.24, 2.45) is 23.5 Å². The van der Waals surface area contributed by atoms with E-state index in [-0.39, 0.29) is 36.2 Å². The predicted octanol–water partition coefficient (Wildman–Crippen LogP) is 4.97. The largest absolute Gasteiger partial charge is 0.480 e. The molecule has 4 atom stereocenters. The van der Waals surface area contributed by atoms with Crippen LogP contribution in [0.15, 0.2) is 48.5 Å². The Morgan fingerprint density at radius 2 is 1.33 bits per heavy atom. The third-order valence-electron chi connectivity index (χ3n) is 6.23. The van der Waals surface area contributed by atoms with Crippen molar-refractivity contribution in [3.05, 3.63) is 59.7 Å². The van der Waals surface area contributed by atoms with Crippen LogP contribution in [0.5, 0.6) is 11.5 Å². The fraction of sp³-hybridized carbons (Fsp3) is 0.467. The lowest BCUT2D eigenvalue weighted by atomic mass is 9.79. The smallest absolute Gasteiger partial charge is 0.338 e. The van der Waals surface area contributed by atoms with Gasteiger partial charge in [0.05, 0.1) is 5.56 Å². The Hall–Kier alpha value is -3.72. The van der Waals surface area contributed by atoms with Gasteiger partial charge in [0.2, 0.25) is 0 Å². The molecule has 2 rings (SSSR count). The second-order valence-corrected chi connectivity index (χ2v) is 10.6. The van der Waals surface area contributed by atoms with Crippen LogP contribution in [0.3, 0.4) is 0 Å². The van der Waals surface area contributed by atoms with Crippen molar-refractivity contribution in [1.29, 1.82) is 0 Å². The van der Waals surface area contributed by atoms with Crippen LogP contribution in [0.4, 0.5) is 0 Å². The van der Waals surface area contributed by atoms with Crippen LogP contribution in [-0.4, -0.2) is 41.1 Å². The van der Waals surface area contributed by atoms with Gasteiger partial charge in [0, 0.05) is 24.7 Å². The Bertz CT molecular complexity index is 1140. The highest BCUT2D eigenvalue weighted by atomic mass is 16.6. The Morgan fingerprint density at radius 1 is 0.795 bits per heavy atom. The number of aliphatic carboxylic acids is 1. The molecule has 0 radical (unpaired) electrons. The van der Waals surface area contributed by atoms with Gasteiger partial charge in [-0.25, -0.2) is 4.79 Å². The first-order valence-electron chi connectivity index (χ1n) is 13.1. The number of carbonyl (C=O) groups excluding carboxylic acids is 3. The number of carbonyl (C=O) groups is 4. The zero-order valence-electron chi connectivity index (χ0n) is 23.4. The lowest BCUT2D eigenvalue weighted by Crippen LogP contribution is -2.42. The summed E-state index contributed by atoms with van der Waals surface area (Å²) in [5, 5.41) is 9.79. The molecule has 0 saturated carbocycles. The fourth-order valence-corrected chi connectivity index (χ4v) is 4.09. The molecule has 0 spiro atoms. The van der Waals surface area contributed by atoms with Crippen molar-refractivity contribution < 1.29 is 38.5 Å². The maximum atomic E-state index is 12.6.